The highest BCUT2D eigenvalue weighted by atomic mass is 32.2. The van der Waals surface area contributed by atoms with Gasteiger partial charge in [-0.25, -0.2) is 25.9 Å². The van der Waals surface area contributed by atoms with Gasteiger partial charge in [-0.05, 0) is 42.8 Å². The fourth-order valence-corrected chi connectivity index (χ4v) is 3.90. The highest BCUT2D eigenvalue weighted by Gasteiger charge is 2.19. The first kappa shape index (κ1) is 17.6. The minimum absolute atomic E-state index is 0.154. The Morgan fingerprint density at radius 3 is 2.09 bits per heavy atom. The molecule has 124 valence electrons. The number of halogens is 1. The first-order valence-electron chi connectivity index (χ1n) is 6.67. The normalized spacial score (nSPS) is 13.7. The minimum Gasteiger partial charge on any atom is -0.224 e. The van der Waals surface area contributed by atoms with E-state index in [0.29, 0.717) is 5.56 Å². The third-order valence-electron chi connectivity index (χ3n) is 3.25. The molecule has 0 aliphatic heterocycles. The Balaban J connectivity index is 2.23. The van der Waals surface area contributed by atoms with Crippen molar-refractivity contribution in [3.63, 3.8) is 0 Å². The van der Waals surface area contributed by atoms with Gasteiger partial charge >= 0.3 is 0 Å². The van der Waals surface area contributed by atoms with Crippen molar-refractivity contribution in [1.82, 2.24) is 4.72 Å². The molecule has 0 spiro atoms. The van der Waals surface area contributed by atoms with Gasteiger partial charge in [-0.1, -0.05) is 18.2 Å². The molecule has 1 unspecified atom stereocenters. The van der Waals surface area contributed by atoms with Crippen molar-refractivity contribution in [2.75, 3.05) is 6.26 Å². The van der Waals surface area contributed by atoms with E-state index < -0.39 is 31.7 Å². The molecule has 23 heavy (non-hydrogen) atoms. The Kier molecular flexibility index (Phi) is 4.88. The SMILES string of the molecule is CC(NS(=O)(=O)c1cccc(F)c1)c1ccc(S(C)(=O)=O)cc1. The van der Waals surface area contributed by atoms with Crippen molar-refractivity contribution in [3.05, 3.63) is 59.9 Å². The second kappa shape index (κ2) is 6.38. The predicted molar refractivity (Wildman–Crippen MR) is 84.7 cm³/mol. The quantitative estimate of drug-likeness (QED) is 0.890. The van der Waals surface area contributed by atoms with Crippen LogP contribution in [-0.4, -0.2) is 23.1 Å². The number of hydrogen-bond acceptors (Lipinski definition) is 4. The summed E-state index contributed by atoms with van der Waals surface area (Å²) < 4.78 is 62.9. The van der Waals surface area contributed by atoms with E-state index in [0.717, 1.165) is 18.4 Å². The van der Waals surface area contributed by atoms with Crippen LogP contribution in [-0.2, 0) is 19.9 Å². The van der Waals surface area contributed by atoms with Crippen LogP contribution in [0.5, 0.6) is 0 Å². The van der Waals surface area contributed by atoms with Crippen molar-refractivity contribution < 1.29 is 21.2 Å². The molecule has 0 saturated heterocycles. The van der Waals surface area contributed by atoms with Gasteiger partial charge in [0.2, 0.25) is 10.0 Å². The predicted octanol–water partition coefficient (Wildman–Crippen LogP) is 2.27. The van der Waals surface area contributed by atoms with E-state index in [9.17, 15) is 21.2 Å². The van der Waals surface area contributed by atoms with Crippen molar-refractivity contribution in [2.45, 2.75) is 22.8 Å². The van der Waals surface area contributed by atoms with Crippen LogP contribution in [0.2, 0.25) is 0 Å². The van der Waals surface area contributed by atoms with Crippen LogP contribution in [0, 0.1) is 5.82 Å². The first-order chi connectivity index (χ1) is 10.6. The molecule has 0 radical (unpaired) electrons. The minimum atomic E-state index is -3.88. The molecule has 2 rings (SSSR count). The summed E-state index contributed by atoms with van der Waals surface area (Å²) in [7, 11) is -7.19. The van der Waals surface area contributed by atoms with Crippen LogP contribution >= 0.6 is 0 Å². The summed E-state index contributed by atoms with van der Waals surface area (Å²) in [6.07, 6.45) is 1.10. The summed E-state index contributed by atoms with van der Waals surface area (Å²) in [5.41, 5.74) is 0.595. The third kappa shape index (κ3) is 4.37. The summed E-state index contributed by atoms with van der Waals surface area (Å²) in [5.74, 6) is -0.641. The topological polar surface area (TPSA) is 80.3 Å². The number of benzene rings is 2. The lowest BCUT2D eigenvalue weighted by atomic mass is 10.1. The molecule has 8 heteroatoms. The lowest BCUT2D eigenvalue weighted by Gasteiger charge is -2.15. The maximum atomic E-state index is 13.2. The van der Waals surface area contributed by atoms with Crippen LogP contribution in [0.4, 0.5) is 4.39 Å². The van der Waals surface area contributed by atoms with Gasteiger partial charge in [0.05, 0.1) is 9.79 Å². The Labute approximate surface area is 135 Å². The molecule has 0 fully saturated rings. The molecule has 0 heterocycles. The van der Waals surface area contributed by atoms with Crippen LogP contribution in [0.25, 0.3) is 0 Å². The van der Waals surface area contributed by atoms with Crippen LogP contribution in [0.1, 0.15) is 18.5 Å². The Morgan fingerprint density at radius 1 is 0.957 bits per heavy atom. The zero-order chi connectivity index (χ0) is 17.3. The van der Waals surface area contributed by atoms with E-state index in [1.54, 1.807) is 6.92 Å². The molecule has 5 nitrogen and oxygen atoms in total. The zero-order valence-corrected chi connectivity index (χ0v) is 14.2. The molecule has 0 aromatic heterocycles. The van der Waals surface area contributed by atoms with Gasteiger partial charge in [-0.3, -0.25) is 0 Å². The molecule has 1 N–H and O–H groups in total. The third-order valence-corrected chi connectivity index (χ3v) is 5.91. The maximum absolute atomic E-state index is 13.2. The Morgan fingerprint density at radius 2 is 1.57 bits per heavy atom. The molecule has 1 atom stereocenters. The van der Waals surface area contributed by atoms with E-state index in [2.05, 4.69) is 4.72 Å². The van der Waals surface area contributed by atoms with E-state index in [1.165, 1.54) is 36.4 Å². The van der Waals surface area contributed by atoms with Crippen molar-refractivity contribution in [3.8, 4) is 0 Å². The van der Waals surface area contributed by atoms with E-state index in [4.69, 9.17) is 0 Å². The van der Waals surface area contributed by atoms with Crippen LogP contribution in [0.3, 0.4) is 0 Å². The van der Waals surface area contributed by atoms with Gasteiger partial charge in [0, 0.05) is 12.3 Å². The van der Waals surface area contributed by atoms with E-state index >= 15 is 0 Å². The number of hydrogen-bond donors (Lipinski definition) is 1. The average molecular weight is 357 g/mol. The van der Waals surface area contributed by atoms with Gasteiger partial charge in [-0.2, -0.15) is 0 Å². The molecule has 0 amide bonds. The fraction of sp³-hybridized carbons (Fsp3) is 0.200. The van der Waals surface area contributed by atoms with E-state index in [1.807, 2.05) is 0 Å². The van der Waals surface area contributed by atoms with Crippen LogP contribution in [0.15, 0.2) is 58.3 Å². The molecule has 0 bridgehead atoms. The molecule has 0 aliphatic carbocycles. The zero-order valence-electron chi connectivity index (χ0n) is 12.5. The molecular formula is C15H16FNO4S2. The Hall–Kier alpha value is -1.77. The summed E-state index contributed by atoms with van der Waals surface area (Å²) in [5, 5.41) is 0. The van der Waals surface area contributed by atoms with Crippen molar-refractivity contribution in [1.29, 1.82) is 0 Å². The average Bonchev–Trinajstić information content (AvgIpc) is 2.46. The molecule has 0 aliphatic rings. The second-order valence-corrected chi connectivity index (χ2v) is 8.87. The standard InChI is InChI=1S/C15H16FNO4S2/c1-11(12-6-8-14(9-7-12)22(2,18)19)17-23(20,21)15-5-3-4-13(16)10-15/h3-11,17H,1-2H3. The van der Waals surface area contributed by atoms with Gasteiger partial charge in [0.15, 0.2) is 9.84 Å². The molecular weight excluding hydrogens is 341 g/mol. The molecule has 2 aromatic rings. The largest absolute Gasteiger partial charge is 0.241 e. The Bertz CT molecular complexity index is 907. The highest BCUT2D eigenvalue weighted by Crippen LogP contribution is 2.19. The second-order valence-electron chi connectivity index (χ2n) is 5.14. The van der Waals surface area contributed by atoms with Gasteiger partial charge < -0.3 is 0 Å². The summed E-state index contributed by atoms with van der Waals surface area (Å²) in [6, 6.07) is 10.0. The van der Waals surface area contributed by atoms with Gasteiger partial charge in [0.25, 0.3) is 0 Å². The monoisotopic (exact) mass is 357 g/mol. The lowest BCUT2D eigenvalue weighted by Crippen LogP contribution is -2.27. The number of sulfonamides is 1. The molecule has 0 saturated carbocycles. The van der Waals surface area contributed by atoms with Gasteiger partial charge in [-0.15, -0.1) is 0 Å². The van der Waals surface area contributed by atoms with Crippen molar-refractivity contribution >= 4 is 19.9 Å². The fourth-order valence-electron chi connectivity index (χ4n) is 2.01. The summed E-state index contributed by atoms with van der Waals surface area (Å²) in [4.78, 5) is -0.0152. The van der Waals surface area contributed by atoms with Gasteiger partial charge in [0.1, 0.15) is 5.82 Å². The number of nitrogens with one attached hydrogen (secondary N) is 1. The number of rotatable bonds is 5. The summed E-state index contributed by atoms with van der Waals surface area (Å²) >= 11 is 0. The maximum Gasteiger partial charge on any atom is 0.241 e. The molecule has 2 aromatic carbocycles. The number of sulfone groups is 1. The van der Waals surface area contributed by atoms with E-state index in [-0.39, 0.29) is 9.79 Å². The summed E-state index contributed by atoms with van der Waals surface area (Å²) in [6.45, 7) is 1.62. The smallest absolute Gasteiger partial charge is 0.224 e. The highest BCUT2D eigenvalue weighted by molar-refractivity contribution is 7.90. The first-order valence-corrected chi connectivity index (χ1v) is 10.0. The van der Waals surface area contributed by atoms with Crippen LogP contribution < -0.4 is 4.72 Å². The lowest BCUT2D eigenvalue weighted by molar-refractivity contribution is 0.563. The van der Waals surface area contributed by atoms with Crippen molar-refractivity contribution in [2.24, 2.45) is 0 Å².